The number of likely N-dealkylation sites (tertiary alicyclic amines) is 1. The first-order valence-electron chi connectivity index (χ1n) is 6.73. The van der Waals surface area contributed by atoms with Crippen molar-refractivity contribution in [3.63, 3.8) is 0 Å². The summed E-state index contributed by atoms with van der Waals surface area (Å²) in [5.74, 6) is 7.97. The van der Waals surface area contributed by atoms with Gasteiger partial charge in [0.15, 0.2) is 5.82 Å². The van der Waals surface area contributed by atoms with Crippen LogP contribution in [0.2, 0.25) is 0 Å². The number of anilines is 1. The van der Waals surface area contributed by atoms with E-state index in [2.05, 4.69) is 27.2 Å². The summed E-state index contributed by atoms with van der Waals surface area (Å²) in [5.41, 5.74) is 2.68. The SMILES string of the molecule is CCC1CCN(Cc2nc(NN)c3ccsc3n2)C1. The number of nitrogens with zero attached hydrogens (tertiary/aromatic N) is 3. The molecule has 19 heavy (non-hydrogen) atoms. The van der Waals surface area contributed by atoms with E-state index < -0.39 is 0 Å². The number of rotatable bonds is 4. The van der Waals surface area contributed by atoms with Crippen molar-refractivity contribution in [3.05, 3.63) is 17.3 Å². The van der Waals surface area contributed by atoms with Gasteiger partial charge in [0, 0.05) is 6.54 Å². The van der Waals surface area contributed by atoms with Gasteiger partial charge in [-0.05, 0) is 30.3 Å². The van der Waals surface area contributed by atoms with Crippen LogP contribution in [0, 0.1) is 5.92 Å². The van der Waals surface area contributed by atoms with Crippen LogP contribution >= 0.6 is 11.3 Å². The number of hydrogen-bond acceptors (Lipinski definition) is 6. The maximum absolute atomic E-state index is 5.55. The van der Waals surface area contributed by atoms with Crippen molar-refractivity contribution in [2.75, 3.05) is 18.5 Å². The van der Waals surface area contributed by atoms with Crippen LogP contribution in [0.3, 0.4) is 0 Å². The smallest absolute Gasteiger partial charge is 0.152 e. The number of thiophene rings is 1. The number of aromatic nitrogens is 2. The Kier molecular flexibility index (Phi) is 3.63. The first-order chi connectivity index (χ1) is 9.30. The lowest BCUT2D eigenvalue weighted by atomic mass is 10.1. The molecule has 0 amide bonds. The van der Waals surface area contributed by atoms with Gasteiger partial charge < -0.3 is 5.43 Å². The summed E-state index contributed by atoms with van der Waals surface area (Å²) in [6.45, 7) is 5.39. The van der Waals surface area contributed by atoms with Crippen molar-refractivity contribution in [2.24, 2.45) is 11.8 Å². The lowest BCUT2D eigenvalue weighted by molar-refractivity contribution is 0.308. The molecule has 1 atom stereocenters. The zero-order chi connectivity index (χ0) is 13.2. The van der Waals surface area contributed by atoms with E-state index in [0.29, 0.717) is 0 Å². The summed E-state index contributed by atoms with van der Waals surface area (Å²) in [7, 11) is 0. The minimum atomic E-state index is 0.729. The van der Waals surface area contributed by atoms with Crippen LogP contribution in [0.1, 0.15) is 25.6 Å². The van der Waals surface area contributed by atoms with E-state index in [1.165, 1.54) is 12.8 Å². The van der Waals surface area contributed by atoms with Crippen molar-refractivity contribution in [3.8, 4) is 0 Å². The molecule has 0 aliphatic carbocycles. The van der Waals surface area contributed by atoms with E-state index in [0.717, 1.165) is 47.4 Å². The Hall–Kier alpha value is -1.24. The van der Waals surface area contributed by atoms with E-state index in [1.54, 1.807) is 11.3 Å². The van der Waals surface area contributed by atoms with Crippen molar-refractivity contribution in [1.82, 2.24) is 14.9 Å². The fourth-order valence-corrected chi connectivity index (χ4v) is 3.45. The minimum absolute atomic E-state index is 0.729. The van der Waals surface area contributed by atoms with Crippen LogP contribution in [0.15, 0.2) is 11.4 Å². The normalized spacial score (nSPS) is 20.2. The third-order valence-electron chi connectivity index (χ3n) is 3.82. The van der Waals surface area contributed by atoms with Gasteiger partial charge in [-0.2, -0.15) is 0 Å². The Balaban J connectivity index is 1.81. The number of nitrogens with two attached hydrogens (primary N) is 1. The number of fused-ring (bicyclic) bond motifs is 1. The summed E-state index contributed by atoms with van der Waals surface area (Å²) in [6, 6.07) is 2.00. The molecule has 1 aliphatic heterocycles. The fraction of sp³-hybridized carbons (Fsp3) is 0.538. The van der Waals surface area contributed by atoms with Crippen LogP contribution in [0.25, 0.3) is 10.2 Å². The van der Waals surface area contributed by atoms with Crippen molar-refractivity contribution in [2.45, 2.75) is 26.3 Å². The second kappa shape index (κ2) is 5.40. The molecule has 0 radical (unpaired) electrons. The Bertz CT molecular complexity index is 567. The lowest BCUT2D eigenvalue weighted by Crippen LogP contribution is -2.22. The zero-order valence-corrected chi connectivity index (χ0v) is 11.9. The highest BCUT2D eigenvalue weighted by molar-refractivity contribution is 7.16. The highest BCUT2D eigenvalue weighted by Gasteiger charge is 2.22. The van der Waals surface area contributed by atoms with Crippen molar-refractivity contribution in [1.29, 1.82) is 0 Å². The van der Waals surface area contributed by atoms with E-state index in [4.69, 9.17) is 5.84 Å². The quantitative estimate of drug-likeness (QED) is 0.662. The summed E-state index contributed by atoms with van der Waals surface area (Å²) >= 11 is 1.63. The lowest BCUT2D eigenvalue weighted by Gasteiger charge is -2.15. The Morgan fingerprint density at radius 2 is 2.42 bits per heavy atom. The molecule has 3 N–H and O–H groups in total. The molecule has 3 heterocycles. The van der Waals surface area contributed by atoms with Gasteiger partial charge in [-0.15, -0.1) is 11.3 Å². The van der Waals surface area contributed by atoms with Gasteiger partial charge in [-0.3, -0.25) is 4.90 Å². The molecule has 1 aliphatic rings. The van der Waals surface area contributed by atoms with Crippen LogP contribution in [-0.4, -0.2) is 28.0 Å². The topological polar surface area (TPSA) is 67.1 Å². The molecule has 1 fully saturated rings. The van der Waals surface area contributed by atoms with Gasteiger partial charge in [0.05, 0.1) is 11.9 Å². The molecule has 6 heteroatoms. The first kappa shape index (κ1) is 12.8. The summed E-state index contributed by atoms with van der Waals surface area (Å²) in [4.78, 5) is 12.6. The minimum Gasteiger partial charge on any atom is -0.308 e. The summed E-state index contributed by atoms with van der Waals surface area (Å²) < 4.78 is 0. The summed E-state index contributed by atoms with van der Waals surface area (Å²) in [5, 5.41) is 3.02. The molecule has 102 valence electrons. The van der Waals surface area contributed by atoms with E-state index in [1.807, 2.05) is 11.4 Å². The molecular weight excluding hydrogens is 258 g/mol. The molecule has 0 aromatic carbocycles. The average Bonchev–Trinajstić information content (AvgIpc) is 3.06. The molecule has 5 nitrogen and oxygen atoms in total. The molecule has 1 unspecified atom stereocenters. The predicted molar refractivity (Wildman–Crippen MR) is 78.9 cm³/mol. The standard InChI is InChI=1S/C13H19N5S/c1-2-9-3-5-18(7-9)8-11-15-12(17-14)10-4-6-19-13(10)16-11/h4,6,9H,2-3,5,7-8,14H2,1H3,(H,15,16,17). The van der Waals surface area contributed by atoms with Crippen LogP contribution in [0.4, 0.5) is 5.82 Å². The number of nitrogens with one attached hydrogen (secondary N) is 1. The third-order valence-corrected chi connectivity index (χ3v) is 4.63. The molecule has 2 aromatic heterocycles. The molecule has 0 spiro atoms. The van der Waals surface area contributed by atoms with Gasteiger partial charge in [-0.25, -0.2) is 15.8 Å². The number of hydrogen-bond donors (Lipinski definition) is 2. The van der Waals surface area contributed by atoms with Crippen molar-refractivity contribution < 1.29 is 0 Å². The van der Waals surface area contributed by atoms with Crippen molar-refractivity contribution >= 4 is 27.4 Å². The van der Waals surface area contributed by atoms with Gasteiger partial charge in [0.25, 0.3) is 0 Å². The second-order valence-electron chi connectivity index (χ2n) is 5.07. The Morgan fingerprint density at radius 1 is 1.53 bits per heavy atom. The number of hydrazine groups is 1. The van der Waals surface area contributed by atoms with Gasteiger partial charge in [0.1, 0.15) is 10.7 Å². The molecule has 0 bridgehead atoms. The maximum Gasteiger partial charge on any atom is 0.152 e. The maximum atomic E-state index is 5.55. The molecule has 2 aromatic rings. The molecule has 0 saturated carbocycles. The van der Waals surface area contributed by atoms with Gasteiger partial charge in [-0.1, -0.05) is 13.3 Å². The van der Waals surface area contributed by atoms with Gasteiger partial charge >= 0.3 is 0 Å². The van der Waals surface area contributed by atoms with E-state index >= 15 is 0 Å². The monoisotopic (exact) mass is 277 g/mol. The highest BCUT2D eigenvalue weighted by Crippen LogP contribution is 2.26. The first-order valence-corrected chi connectivity index (χ1v) is 7.61. The van der Waals surface area contributed by atoms with E-state index in [9.17, 15) is 0 Å². The highest BCUT2D eigenvalue weighted by atomic mass is 32.1. The van der Waals surface area contributed by atoms with Gasteiger partial charge in [0.2, 0.25) is 0 Å². The largest absolute Gasteiger partial charge is 0.308 e. The fourth-order valence-electron chi connectivity index (χ4n) is 2.67. The van der Waals surface area contributed by atoms with Crippen LogP contribution in [0.5, 0.6) is 0 Å². The third kappa shape index (κ3) is 2.56. The molecular formula is C13H19N5S. The van der Waals surface area contributed by atoms with E-state index in [-0.39, 0.29) is 0 Å². The number of nitrogen functional groups attached to an aromatic ring is 1. The summed E-state index contributed by atoms with van der Waals surface area (Å²) in [6.07, 6.45) is 2.55. The molecule has 1 saturated heterocycles. The van der Waals surface area contributed by atoms with Crippen LogP contribution < -0.4 is 11.3 Å². The average molecular weight is 277 g/mol. The predicted octanol–water partition coefficient (Wildman–Crippen LogP) is 2.21. The zero-order valence-electron chi connectivity index (χ0n) is 11.1. The Morgan fingerprint density at radius 3 is 3.16 bits per heavy atom. The van der Waals surface area contributed by atoms with Crippen LogP contribution in [-0.2, 0) is 6.54 Å². The molecule has 3 rings (SSSR count). The second-order valence-corrected chi connectivity index (χ2v) is 5.96. The Labute approximate surface area is 116 Å².